The Labute approximate surface area is 150 Å². The molecule has 0 aliphatic carbocycles. The molecule has 0 radical (unpaired) electrons. The van der Waals surface area contributed by atoms with Crippen LogP contribution in [0, 0.1) is 11.8 Å². The van der Waals surface area contributed by atoms with Gasteiger partial charge in [-0.3, -0.25) is 24.6 Å². The van der Waals surface area contributed by atoms with E-state index in [1.807, 2.05) is 54.6 Å². The third kappa shape index (κ3) is 1.82. The molecule has 2 saturated heterocycles. The lowest BCUT2D eigenvalue weighted by Crippen LogP contribution is -2.51. The number of rotatable bonds is 2. The van der Waals surface area contributed by atoms with E-state index in [0.29, 0.717) is 12.2 Å². The number of para-hydroxylation sites is 1. The number of likely N-dealkylation sites (tertiary alicyclic amines) is 1. The number of hydrogen-bond acceptors (Lipinski definition) is 4. The molecular formula is C20H17N3O3. The van der Waals surface area contributed by atoms with Gasteiger partial charge < -0.3 is 5.32 Å². The van der Waals surface area contributed by atoms with E-state index < -0.39 is 17.4 Å². The highest BCUT2D eigenvalue weighted by Crippen LogP contribution is 2.50. The fraction of sp³-hybridized carbons (Fsp3) is 0.250. The van der Waals surface area contributed by atoms with Crippen molar-refractivity contribution in [1.29, 1.82) is 0 Å². The van der Waals surface area contributed by atoms with Gasteiger partial charge in [0.1, 0.15) is 5.54 Å². The van der Waals surface area contributed by atoms with Gasteiger partial charge >= 0.3 is 0 Å². The lowest BCUT2D eigenvalue weighted by molar-refractivity contribution is -0.143. The van der Waals surface area contributed by atoms with Gasteiger partial charge in [-0.1, -0.05) is 48.5 Å². The Morgan fingerprint density at radius 2 is 1.69 bits per heavy atom. The first kappa shape index (κ1) is 15.3. The summed E-state index contributed by atoms with van der Waals surface area (Å²) in [5, 5.41) is 6.06. The molecule has 2 aromatic carbocycles. The molecule has 0 unspecified atom stereocenters. The number of hydrogen-bond donors (Lipinski definition) is 2. The van der Waals surface area contributed by atoms with E-state index in [1.165, 1.54) is 4.90 Å². The molecule has 1 spiro atoms. The molecule has 6 nitrogen and oxygen atoms in total. The maximum Gasteiger partial charge on any atom is 0.250 e. The molecule has 26 heavy (non-hydrogen) atoms. The molecule has 2 aromatic rings. The summed E-state index contributed by atoms with van der Waals surface area (Å²) in [6.45, 7) is 0.563. The van der Waals surface area contributed by atoms with Crippen LogP contribution in [-0.4, -0.2) is 29.2 Å². The van der Waals surface area contributed by atoms with Gasteiger partial charge in [0.05, 0.1) is 18.4 Å². The van der Waals surface area contributed by atoms with E-state index in [2.05, 4.69) is 10.6 Å². The summed E-state index contributed by atoms with van der Waals surface area (Å²) in [5.41, 5.74) is 1.19. The lowest BCUT2D eigenvalue weighted by Gasteiger charge is -2.28. The quantitative estimate of drug-likeness (QED) is 0.801. The minimum Gasteiger partial charge on any atom is -0.324 e. The second kappa shape index (κ2) is 5.25. The predicted octanol–water partition coefficient (Wildman–Crippen LogP) is 1.24. The highest BCUT2D eigenvalue weighted by Gasteiger charge is 2.67. The molecule has 2 N–H and O–H groups in total. The zero-order valence-electron chi connectivity index (χ0n) is 13.9. The first-order valence-corrected chi connectivity index (χ1v) is 8.68. The van der Waals surface area contributed by atoms with Crippen LogP contribution in [0.5, 0.6) is 0 Å². The number of imide groups is 1. The summed E-state index contributed by atoms with van der Waals surface area (Å²) >= 11 is 0. The molecule has 0 bridgehead atoms. The number of fused-ring (bicyclic) bond motifs is 4. The van der Waals surface area contributed by atoms with E-state index in [4.69, 9.17) is 0 Å². The molecule has 0 aromatic heterocycles. The maximum atomic E-state index is 13.2. The molecule has 3 heterocycles. The topological polar surface area (TPSA) is 78.5 Å². The van der Waals surface area contributed by atoms with Gasteiger partial charge in [-0.05, 0) is 11.6 Å². The normalized spacial score (nSPS) is 29.2. The Morgan fingerprint density at radius 3 is 2.50 bits per heavy atom. The fourth-order valence-corrected chi connectivity index (χ4v) is 4.55. The smallest absolute Gasteiger partial charge is 0.250 e. The maximum absolute atomic E-state index is 13.2. The Kier molecular flexibility index (Phi) is 3.09. The molecule has 6 heteroatoms. The van der Waals surface area contributed by atoms with Gasteiger partial charge in [0.25, 0.3) is 0 Å². The molecule has 3 aliphatic heterocycles. The van der Waals surface area contributed by atoms with Crippen LogP contribution in [0.1, 0.15) is 11.1 Å². The minimum absolute atomic E-state index is 0.203. The fourth-order valence-electron chi connectivity index (χ4n) is 4.55. The number of benzene rings is 2. The molecule has 3 atom stereocenters. The number of carbonyl (C=O) groups excluding carboxylic acids is 3. The number of anilines is 1. The minimum atomic E-state index is -1.15. The number of nitrogens with one attached hydrogen (secondary N) is 2. The summed E-state index contributed by atoms with van der Waals surface area (Å²) in [6, 6.07) is 16.8. The molecular weight excluding hydrogens is 330 g/mol. The van der Waals surface area contributed by atoms with Crippen LogP contribution in [0.15, 0.2) is 54.6 Å². The van der Waals surface area contributed by atoms with Crippen LogP contribution < -0.4 is 10.6 Å². The SMILES string of the molecule is O=C1[C@H]2CN[C@@]3(C(=O)Nc4ccccc43)[C@H]2C(=O)N1Cc1ccccc1. The Hall–Kier alpha value is -2.99. The van der Waals surface area contributed by atoms with Crippen molar-refractivity contribution in [1.82, 2.24) is 10.2 Å². The van der Waals surface area contributed by atoms with Crippen LogP contribution in [0.2, 0.25) is 0 Å². The Balaban J connectivity index is 1.55. The molecule has 5 rings (SSSR count). The zero-order chi connectivity index (χ0) is 17.9. The van der Waals surface area contributed by atoms with Gasteiger partial charge in [-0.25, -0.2) is 0 Å². The van der Waals surface area contributed by atoms with Crippen molar-refractivity contribution >= 4 is 23.4 Å². The van der Waals surface area contributed by atoms with Gasteiger partial charge in [0.2, 0.25) is 17.7 Å². The van der Waals surface area contributed by atoms with E-state index in [9.17, 15) is 14.4 Å². The van der Waals surface area contributed by atoms with Crippen molar-refractivity contribution in [2.24, 2.45) is 11.8 Å². The summed E-state index contributed by atoms with van der Waals surface area (Å²) in [6.07, 6.45) is 0. The van der Waals surface area contributed by atoms with Crippen molar-refractivity contribution in [2.75, 3.05) is 11.9 Å². The Bertz CT molecular complexity index is 942. The molecule has 3 amide bonds. The number of amides is 3. The van der Waals surface area contributed by atoms with Gasteiger partial charge in [-0.2, -0.15) is 0 Å². The second-order valence-electron chi connectivity index (χ2n) is 7.02. The standard InChI is InChI=1S/C20H17N3O3/c24-17-13-10-21-20(14-8-4-5-9-15(14)22-19(20)26)16(13)18(25)23(17)11-12-6-2-1-3-7-12/h1-9,13,16,21H,10-11H2,(H,22,26)/t13-,16+,20+/m0/s1. The largest absolute Gasteiger partial charge is 0.324 e. The molecule has 3 aliphatic rings. The molecule has 2 fully saturated rings. The summed E-state index contributed by atoms with van der Waals surface area (Å²) in [4.78, 5) is 40.3. The second-order valence-corrected chi connectivity index (χ2v) is 7.02. The van der Waals surface area contributed by atoms with Crippen molar-refractivity contribution < 1.29 is 14.4 Å². The summed E-state index contributed by atoms with van der Waals surface area (Å²) < 4.78 is 0. The number of carbonyl (C=O) groups is 3. The van der Waals surface area contributed by atoms with Crippen molar-refractivity contribution in [3.8, 4) is 0 Å². The van der Waals surface area contributed by atoms with Crippen LogP contribution in [-0.2, 0) is 26.5 Å². The first-order valence-electron chi connectivity index (χ1n) is 8.68. The van der Waals surface area contributed by atoms with E-state index >= 15 is 0 Å². The van der Waals surface area contributed by atoms with Crippen molar-refractivity contribution in [3.05, 3.63) is 65.7 Å². The van der Waals surface area contributed by atoms with Crippen molar-refractivity contribution in [2.45, 2.75) is 12.1 Å². The lowest BCUT2D eigenvalue weighted by atomic mass is 9.77. The average Bonchev–Trinajstić information content (AvgIpc) is 3.26. The molecule has 130 valence electrons. The van der Waals surface area contributed by atoms with Gasteiger partial charge in [-0.15, -0.1) is 0 Å². The van der Waals surface area contributed by atoms with Crippen LogP contribution >= 0.6 is 0 Å². The van der Waals surface area contributed by atoms with Crippen LogP contribution in [0.3, 0.4) is 0 Å². The van der Waals surface area contributed by atoms with Gasteiger partial charge in [0.15, 0.2) is 0 Å². The van der Waals surface area contributed by atoms with E-state index in [0.717, 1.165) is 11.1 Å². The first-order chi connectivity index (χ1) is 12.6. The van der Waals surface area contributed by atoms with Crippen LogP contribution in [0.25, 0.3) is 0 Å². The van der Waals surface area contributed by atoms with E-state index in [1.54, 1.807) is 0 Å². The highest BCUT2D eigenvalue weighted by molar-refractivity contribution is 6.14. The van der Waals surface area contributed by atoms with Crippen LogP contribution in [0.4, 0.5) is 5.69 Å². The van der Waals surface area contributed by atoms with E-state index in [-0.39, 0.29) is 24.3 Å². The average molecular weight is 347 g/mol. The summed E-state index contributed by atoms with van der Waals surface area (Å²) in [5.74, 6) is -1.95. The highest BCUT2D eigenvalue weighted by atomic mass is 16.2. The van der Waals surface area contributed by atoms with Crippen molar-refractivity contribution in [3.63, 3.8) is 0 Å². The number of nitrogens with zero attached hydrogens (tertiary/aromatic N) is 1. The third-order valence-corrected chi connectivity index (χ3v) is 5.73. The molecule has 0 saturated carbocycles. The predicted molar refractivity (Wildman–Crippen MR) is 93.7 cm³/mol. The Morgan fingerprint density at radius 1 is 0.962 bits per heavy atom. The third-order valence-electron chi connectivity index (χ3n) is 5.73. The zero-order valence-corrected chi connectivity index (χ0v) is 13.9. The monoisotopic (exact) mass is 347 g/mol. The van der Waals surface area contributed by atoms with Gasteiger partial charge in [0, 0.05) is 17.8 Å². The summed E-state index contributed by atoms with van der Waals surface area (Å²) in [7, 11) is 0.